The van der Waals surface area contributed by atoms with E-state index in [2.05, 4.69) is 4.98 Å². The van der Waals surface area contributed by atoms with Gasteiger partial charge < -0.3 is 9.80 Å². The number of carbonyl (C=O) groups is 2. The van der Waals surface area contributed by atoms with Crippen molar-refractivity contribution in [1.29, 1.82) is 0 Å². The van der Waals surface area contributed by atoms with Crippen LogP contribution in [0.1, 0.15) is 63.9 Å². The average Bonchev–Trinajstić information content (AvgIpc) is 3.13. The number of aryl methyl sites for hydroxylation is 1. The summed E-state index contributed by atoms with van der Waals surface area (Å²) in [6, 6.07) is 3.86. The summed E-state index contributed by atoms with van der Waals surface area (Å²) >= 11 is 1.54. The second-order valence-electron chi connectivity index (χ2n) is 7.31. The van der Waals surface area contributed by atoms with Crippen LogP contribution in [-0.4, -0.2) is 44.7 Å². The van der Waals surface area contributed by atoms with E-state index in [9.17, 15) is 9.59 Å². The normalized spacial score (nSPS) is 19.7. The number of hydrogen-bond acceptors (Lipinski definition) is 5. The molecule has 0 spiro atoms. The van der Waals surface area contributed by atoms with Gasteiger partial charge in [0, 0.05) is 49.6 Å². The summed E-state index contributed by atoms with van der Waals surface area (Å²) in [6.45, 7) is 5.63. The van der Waals surface area contributed by atoms with Crippen LogP contribution in [0.2, 0.25) is 0 Å². The molecule has 0 N–H and O–H groups in total. The molecule has 0 saturated carbocycles. The molecule has 2 amide bonds. The van der Waals surface area contributed by atoms with E-state index in [1.165, 1.54) is 11.3 Å². The van der Waals surface area contributed by atoms with Gasteiger partial charge in [0.15, 0.2) is 5.82 Å². The van der Waals surface area contributed by atoms with Crippen molar-refractivity contribution in [2.24, 2.45) is 0 Å². The zero-order valence-electron chi connectivity index (χ0n) is 15.8. The topological polar surface area (TPSA) is 66.4 Å². The zero-order valence-corrected chi connectivity index (χ0v) is 16.6. The standard InChI is InChI=1S/C20H24N4O2S/c1-13-6-7-18(27-13)20(26)23-10-8-16-15(12-23)11-21-19(22-16)17-5-3-4-9-24(17)14(2)25/h6-7,11,17H,3-5,8-10,12H2,1-2H3. The van der Waals surface area contributed by atoms with Crippen molar-refractivity contribution in [2.45, 2.75) is 52.1 Å². The molecule has 0 radical (unpaired) electrons. The first kappa shape index (κ1) is 18.1. The molecule has 0 aliphatic carbocycles. The van der Waals surface area contributed by atoms with Crippen LogP contribution in [0.5, 0.6) is 0 Å². The predicted octanol–water partition coefficient (Wildman–Crippen LogP) is 3.12. The number of carbonyl (C=O) groups excluding carboxylic acids is 2. The lowest BCUT2D eigenvalue weighted by Gasteiger charge is -2.35. The Balaban J connectivity index is 1.53. The van der Waals surface area contributed by atoms with E-state index in [0.717, 1.165) is 59.1 Å². The highest BCUT2D eigenvalue weighted by molar-refractivity contribution is 7.13. The molecular formula is C20H24N4O2S. The molecule has 1 atom stereocenters. The Morgan fingerprint density at radius 3 is 2.81 bits per heavy atom. The average molecular weight is 385 g/mol. The lowest BCUT2D eigenvalue weighted by molar-refractivity contribution is -0.132. The molecule has 4 heterocycles. The number of fused-ring (bicyclic) bond motifs is 1. The van der Waals surface area contributed by atoms with Gasteiger partial charge in [-0.25, -0.2) is 9.97 Å². The van der Waals surface area contributed by atoms with Gasteiger partial charge in [-0.2, -0.15) is 0 Å². The monoisotopic (exact) mass is 384 g/mol. The van der Waals surface area contributed by atoms with E-state index >= 15 is 0 Å². The third-order valence-electron chi connectivity index (χ3n) is 5.40. The Labute approximate surface area is 163 Å². The SMILES string of the molecule is CC(=O)N1CCCCC1c1ncc2c(n1)CCN(C(=O)c1ccc(C)s1)C2. The third kappa shape index (κ3) is 3.60. The number of rotatable bonds is 2. The van der Waals surface area contributed by atoms with Gasteiger partial charge in [-0.3, -0.25) is 9.59 Å². The smallest absolute Gasteiger partial charge is 0.264 e. The Kier molecular flexibility index (Phi) is 4.95. The van der Waals surface area contributed by atoms with Crippen LogP contribution < -0.4 is 0 Å². The number of nitrogens with zero attached hydrogens (tertiary/aromatic N) is 4. The number of amides is 2. The summed E-state index contributed by atoms with van der Waals surface area (Å²) in [6.07, 6.45) is 5.63. The van der Waals surface area contributed by atoms with Crippen molar-refractivity contribution in [3.63, 3.8) is 0 Å². The van der Waals surface area contributed by atoms with Crippen LogP contribution in [-0.2, 0) is 17.8 Å². The molecule has 2 aliphatic heterocycles. The van der Waals surface area contributed by atoms with Crippen LogP contribution in [0.25, 0.3) is 0 Å². The number of aromatic nitrogens is 2. The van der Waals surface area contributed by atoms with E-state index in [0.29, 0.717) is 13.1 Å². The summed E-state index contributed by atoms with van der Waals surface area (Å²) in [4.78, 5) is 39.7. The fourth-order valence-corrected chi connectivity index (χ4v) is 4.78. The van der Waals surface area contributed by atoms with Gasteiger partial charge in [0.2, 0.25) is 5.91 Å². The first-order chi connectivity index (χ1) is 13.0. The lowest BCUT2D eigenvalue weighted by Crippen LogP contribution is -2.39. The number of piperidine rings is 1. The number of hydrogen-bond donors (Lipinski definition) is 0. The molecule has 4 rings (SSSR count). The summed E-state index contributed by atoms with van der Waals surface area (Å²) in [5.74, 6) is 0.916. The molecule has 1 saturated heterocycles. The lowest BCUT2D eigenvalue weighted by atomic mass is 10.0. The molecule has 7 heteroatoms. The van der Waals surface area contributed by atoms with Gasteiger partial charge in [-0.1, -0.05) is 0 Å². The van der Waals surface area contributed by atoms with Crippen LogP contribution >= 0.6 is 11.3 Å². The maximum atomic E-state index is 12.7. The quantitative estimate of drug-likeness (QED) is 0.798. The molecule has 2 aromatic heterocycles. The largest absolute Gasteiger partial charge is 0.333 e. The van der Waals surface area contributed by atoms with E-state index in [-0.39, 0.29) is 17.9 Å². The third-order valence-corrected chi connectivity index (χ3v) is 6.38. The van der Waals surface area contributed by atoms with Gasteiger partial charge >= 0.3 is 0 Å². The van der Waals surface area contributed by atoms with Gasteiger partial charge in [0.05, 0.1) is 16.6 Å². The summed E-state index contributed by atoms with van der Waals surface area (Å²) in [5.41, 5.74) is 2.03. The molecule has 142 valence electrons. The number of thiophene rings is 1. The van der Waals surface area contributed by atoms with Crippen LogP contribution in [0.3, 0.4) is 0 Å². The van der Waals surface area contributed by atoms with Crippen LogP contribution in [0.15, 0.2) is 18.3 Å². The molecule has 2 aromatic rings. The summed E-state index contributed by atoms with van der Waals surface area (Å²) in [5, 5.41) is 0. The fraction of sp³-hybridized carbons (Fsp3) is 0.500. The van der Waals surface area contributed by atoms with Crippen molar-refractivity contribution in [3.05, 3.63) is 45.2 Å². The molecule has 6 nitrogen and oxygen atoms in total. The van der Waals surface area contributed by atoms with Gasteiger partial charge in [0.1, 0.15) is 0 Å². The molecule has 27 heavy (non-hydrogen) atoms. The summed E-state index contributed by atoms with van der Waals surface area (Å²) < 4.78 is 0. The molecule has 0 bridgehead atoms. The first-order valence-corrected chi connectivity index (χ1v) is 10.3. The van der Waals surface area contributed by atoms with E-state index in [4.69, 9.17) is 4.98 Å². The molecule has 1 fully saturated rings. The van der Waals surface area contributed by atoms with E-state index in [1.54, 1.807) is 6.92 Å². The minimum absolute atomic E-state index is 0.0182. The minimum Gasteiger partial charge on any atom is -0.333 e. The predicted molar refractivity (Wildman–Crippen MR) is 104 cm³/mol. The second kappa shape index (κ2) is 7.38. The van der Waals surface area contributed by atoms with E-state index < -0.39 is 0 Å². The zero-order chi connectivity index (χ0) is 19.0. The first-order valence-electron chi connectivity index (χ1n) is 9.50. The highest BCUT2D eigenvalue weighted by Gasteiger charge is 2.30. The van der Waals surface area contributed by atoms with Crippen molar-refractivity contribution < 1.29 is 9.59 Å². The van der Waals surface area contributed by atoms with Crippen molar-refractivity contribution in [3.8, 4) is 0 Å². The highest BCUT2D eigenvalue weighted by Crippen LogP contribution is 2.30. The minimum atomic E-state index is -0.0182. The second-order valence-corrected chi connectivity index (χ2v) is 8.60. The van der Waals surface area contributed by atoms with Gasteiger partial charge in [-0.05, 0) is 38.3 Å². The Bertz CT molecular complexity index is 879. The van der Waals surface area contributed by atoms with Crippen molar-refractivity contribution in [2.75, 3.05) is 13.1 Å². The maximum Gasteiger partial charge on any atom is 0.264 e. The summed E-state index contributed by atoms with van der Waals surface area (Å²) in [7, 11) is 0. The fourth-order valence-electron chi connectivity index (χ4n) is 3.95. The Hall–Kier alpha value is -2.28. The molecule has 0 aromatic carbocycles. The van der Waals surface area contributed by atoms with Crippen LogP contribution in [0.4, 0.5) is 0 Å². The Morgan fingerprint density at radius 2 is 2.07 bits per heavy atom. The molecule has 2 aliphatic rings. The van der Waals surface area contributed by atoms with Gasteiger partial charge in [0.25, 0.3) is 5.91 Å². The maximum absolute atomic E-state index is 12.7. The van der Waals surface area contributed by atoms with Crippen molar-refractivity contribution >= 4 is 23.2 Å². The van der Waals surface area contributed by atoms with Gasteiger partial charge in [-0.15, -0.1) is 11.3 Å². The highest BCUT2D eigenvalue weighted by atomic mass is 32.1. The van der Waals surface area contributed by atoms with Crippen LogP contribution in [0, 0.1) is 6.92 Å². The number of likely N-dealkylation sites (tertiary alicyclic amines) is 1. The molecular weight excluding hydrogens is 360 g/mol. The van der Waals surface area contributed by atoms with E-state index in [1.807, 2.05) is 35.1 Å². The van der Waals surface area contributed by atoms with Crippen molar-refractivity contribution in [1.82, 2.24) is 19.8 Å². The molecule has 1 unspecified atom stereocenters. The Morgan fingerprint density at radius 1 is 1.22 bits per heavy atom.